The molecule has 3 aromatic rings. The standard InChI is InChI=1S/C26H32N4O3.Li/c1-33-21-7-5-18(6-8-21)16-30-24-4-2-3-22(26(31)32)25(24)23(28-30)9-12-27-15-20-17-29-13-10-19(20)11-14-29;/h2-8,19-20,27H,9-17H2,1H3,(H,31,32);/q;+1/p-1. The van der Waals surface area contributed by atoms with Crippen LogP contribution in [0.15, 0.2) is 42.5 Å². The summed E-state index contributed by atoms with van der Waals surface area (Å²) in [4.78, 5) is 14.4. The maximum Gasteiger partial charge on any atom is 1.00 e. The number of carbonyl (C=O) groups excluding carboxylic acids is 1. The molecule has 0 saturated carbocycles. The average molecular weight is 455 g/mol. The monoisotopic (exact) mass is 454 g/mol. The summed E-state index contributed by atoms with van der Waals surface area (Å²) in [5.74, 6) is 1.21. The zero-order valence-corrected chi connectivity index (χ0v) is 20.1. The van der Waals surface area contributed by atoms with Crippen LogP contribution in [0.1, 0.15) is 34.5 Å². The van der Waals surface area contributed by atoms with Crippen LogP contribution < -0.4 is 34.0 Å². The molecule has 8 heteroatoms. The van der Waals surface area contributed by atoms with Crippen LogP contribution in [-0.4, -0.2) is 60.5 Å². The van der Waals surface area contributed by atoms with Crippen LogP contribution in [0.25, 0.3) is 10.9 Å². The summed E-state index contributed by atoms with van der Waals surface area (Å²) >= 11 is 0. The van der Waals surface area contributed by atoms with E-state index < -0.39 is 5.97 Å². The molecule has 0 spiro atoms. The number of nitrogens with one attached hydrogen (secondary N) is 1. The Kier molecular flexibility index (Phi) is 8.00. The molecule has 2 aromatic carbocycles. The fourth-order valence-electron chi connectivity index (χ4n) is 5.49. The summed E-state index contributed by atoms with van der Waals surface area (Å²) in [7, 11) is 1.65. The van der Waals surface area contributed by atoms with E-state index in [0.717, 1.165) is 47.4 Å². The van der Waals surface area contributed by atoms with Crippen LogP contribution in [0.3, 0.4) is 0 Å². The molecular weight excluding hydrogens is 423 g/mol. The van der Waals surface area contributed by atoms with E-state index in [1.807, 2.05) is 35.0 Å². The minimum atomic E-state index is -1.16. The van der Waals surface area contributed by atoms with Gasteiger partial charge < -0.3 is 24.9 Å². The molecule has 1 unspecified atom stereocenters. The Hall–Kier alpha value is -2.30. The van der Waals surface area contributed by atoms with Gasteiger partial charge in [0.05, 0.1) is 30.8 Å². The Balaban J connectivity index is 0.00000274. The van der Waals surface area contributed by atoms with E-state index in [-0.39, 0.29) is 24.4 Å². The second-order valence-electron chi connectivity index (χ2n) is 9.29. The van der Waals surface area contributed by atoms with Crippen LogP contribution >= 0.6 is 0 Å². The van der Waals surface area contributed by atoms with Gasteiger partial charge in [-0.1, -0.05) is 24.3 Å². The third kappa shape index (κ3) is 5.18. The number of ether oxygens (including phenoxy) is 1. The zero-order valence-electron chi connectivity index (χ0n) is 20.1. The van der Waals surface area contributed by atoms with Crippen molar-refractivity contribution in [2.75, 3.05) is 39.8 Å². The number of carbonyl (C=O) groups is 1. The first-order valence-electron chi connectivity index (χ1n) is 11.9. The van der Waals surface area contributed by atoms with Crippen molar-refractivity contribution in [1.82, 2.24) is 20.0 Å². The van der Waals surface area contributed by atoms with Gasteiger partial charge in [-0.05, 0) is 68.1 Å². The van der Waals surface area contributed by atoms with Gasteiger partial charge >= 0.3 is 18.9 Å². The fraction of sp³-hybridized carbons (Fsp3) is 0.462. The molecule has 0 radical (unpaired) electrons. The fourth-order valence-corrected chi connectivity index (χ4v) is 5.49. The van der Waals surface area contributed by atoms with Crippen LogP contribution in [-0.2, 0) is 13.0 Å². The van der Waals surface area contributed by atoms with Crippen LogP contribution in [0, 0.1) is 11.8 Å². The first kappa shape index (κ1) is 24.8. The molecule has 3 fully saturated rings. The molecule has 3 aliphatic heterocycles. The van der Waals surface area contributed by atoms with Crippen molar-refractivity contribution < 1.29 is 33.5 Å². The van der Waals surface area contributed by atoms with E-state index in [4.69, 9.17) is 9.84 Å². The number of carboxylic acids is 1. The predicted octanol–water partition coefficient (Wildman–Crippen LogP) is -1.07. The molecule has 1 atom stereocenters. The number of aromatic nitrogens is 2. The Bertz CT molecular complexity index is 1120. The summed E-state index contributed by atoms with van der Waals surface area (Å²) < 4.78 is 7.14. The molecule has 174 valence electrons. The van der Waals surface area contributed by atoms with E-state index in [1.165, 1.54) is 32.5 Å². The normalized spacial score (nSPS) is 21.4. The van der Waals surface area contributed by atoms with Gasteiger partial charge in [0, 0.05) is 30.5 Å². The van der Waals surface area contributed by atoms with Gasteiger partial charge in [-0.25, -0.2) is 0 Å². The van der Waals surface area contributed by atoms with Gasteiger partial charge in [0.2, 0.25) is 0 Å². The molecule has 3 aliphatic rings. The Morgan fingerprint density at radius 2 is 1.94 bits per heavy atom. The van der Waals surface area contributed by atoms with Crippen molar-refractivity contribution in [1.29, 1.82) is 0 Å². The third-order valence-electron chi connectivity index (χ3n) is 7.30. The van der Waals surface area contributed by atoms with Gasteiger partial charge in [0.25, 0.3) is 0 Å². The van der Waals surface area contributed by atoms with Gasteiger partial charge in [-0.3, -0.25) is 4.68 Å². The van der Waals surface area contributed by atoms with Crippen LogP contribution in [0.2, 0.25) is 0 Å². The molecule has 34 heavy (non-hydrogen) atoms. The van der Waals surface area contributed by atoms with E-state index in [2.05, 4.69) is 10.2 Å². The first-order chi connectivity index (χ1) is 16.1. The first-order valence-corrected chi connectivity index (χ1v) is 11.9. The number of hydrogen-bond donors (Lipinski definition) is 1. The van der Waals surface area contributed by atoms with E-state index in [1.54, 1.807) is 19.2 Å². The summed E-state index contributed by atoms with van der Waals surface area (Å²) in [6.07, 6.45) is 3.32. The van der Waals surface area contributed by atoms with E-state index >= 15 is 0 Å². The van der Waals surface area contributed by atoms with Crippen molar-refractivity contribution >= 4 is 16.9 Å². The number of methoxy groups -OCH3 is 1. The minimum Gasteiger partial charge on any atom is -0.545 e. The molecule has 2 bridgehead atoms. The number of piperidine rings is 3. The molecular formula is C26H31LiN4O3. The molecule has 3 saturated heterocycles. The van der Waals surface area contributed by atoms with E-state index in [9.17, 15) is 9.90 Å². The van der Waals surface area contributed by atoms with Crippen molar-refractivity contribution in [3.63, 3.8) is 0 Å². The molecule has 1 aromatic heterocycles. The predicted molar refractivity (Wildman–Crippen MR) is 125 cm³/mol. The maximum atomic E-state index is 11.8. The number of hydrogen-bond acceptors (Lipinski definition) is 6. The number of aromatic carboxylic acids is 1. The van der Waals surface area contributed by atoms with Crippen molar-refractivity contribution in [2.24, 2.45) is 11.8 Å². The second-order valence-corrected chi connectivity index (χ2v) is 9.29. The molecule has 4 heterocycles. The van der Waals surface area contributed by atoms with E-state index in [0.29, 0.717) is 18.4 Å². The summed E-state index contributed by atoms with van der Waals surface area (Å²) in [5, 5.41) is 21.0. The summed E-state index contributed by atoms with van der Waals surface area (Å²) in [6, 6.07) is 13.2. The molecule has 0 aliphatic carbocycles. The largest absolute Gasteiger partial charge is 1.00 e. The minimum absolute atomic E-state index is 0. The second kappa shape index (κ2) is 11.0. The summed E-state index contributed by atoms with van der Waals surface area (Å²) in [6.45, 7) is 6.06. The van der Waals surface area contributed by atoms with Crippen LogP contribution in [0.5, 0.6) is 5.75 Å². The molecule has 1 N–H and O–H groups in total. The number of nitrogens with zero attached hydrogens (tertiary/aromatic N) is 3. The molecule has 0 amide bonds. The maximum absolute atomic E-state index is 11.8. The number of carboxylic acid groups (broad SMARTS) is 1. The number of benzene rings is 2. The topological polar surface area (TPSA) is 82.5 Å². The average Bonchev–Trinajstić information content (AvgIpc) is 3.20. The van der Waals surface area contributed by atoms with Gasteiger partial charge in [0.15, 0.2) is 0 Å². The van der Waals surface area contributed by atoms with Crippen molar-refractivity contribution in [3.05, 3.63) is 59.3 Å². The zero-order chi connectivity index (χ0) is 22.8. The van der Waals surface area contributed by atoms with Crippen LogP contribution in [0.4, 0.5) is 0 Å². The van der Waals surface area contributed by atoms with Crippen molar-refractivity contribution in [2.45, 2.75) is 25.8 Å². The Morgan fingerprint density at radius 3 is 2.59 bits per heavy atom. The number of rotatable bonds is 9. The smallest absolute Gasteiger partial charge is 0.545 e. The third-order valence-corrected chi connectivity index (χ3v) is 7.30. The molecule has 7 nitrogen and oxygen atoms in total. The quantitative estimate of drug-likeness (QED) is 0.328. The SMILES string of the molecule is COc1ccc(Cn2nc(CCNCC3CN4CCC3CC4)c3c(C(=O)[O-])cccc32)cc1.[Li+]. The van der Waals surface area contributed by atoms with Crippen molar-refractivity contribution in [3.8, 4) is 5.75 Å². The summed E-state index contributed by atoms with van der Waals surface area (Å²) in [5.41, 5.74) is 2.91. The van der Waals surface area contributed by atoms with Gasteiger partial charge in [-0.15, -0.1) is 0 Å². The Morgan fingerprint density at radius 1 is 1.18 bits per heavy atom. The molecule has 6 rings (SSSR count). The van der Waals surface area contributed by atoms with Gasteiger partial charge in [0.1, 0.15) is 5.75 Å². The van der Waals surface area contributed by atoms with Gasteiger partial charge in [-0.2, -0.15) is 5.10 Å². The Labute approximate surface area is 212 Å². The number of fused-ring (bicyclic) bond motifs is 4.